The molecule has 4 aliphatic heterocycles. The molecule has 1 aromatic heterocycles. The standard InChI is InChI=1S/C31H51N5O11Si/c1-8-48(9-2,10-3)47-25-22(35-21(23(25)39)18-16-42-30(4,5)44-18)27(40)32-13-11-19(37)33-15-17-24-26(46-31(6,7)45-24)28(43-17)36-14-12-20(38)34-29(36)41/h12,14,17-18,21-26,28,35,39H,8-11,13,15-16H2,1-7H3,(H,32,40)(H,33,37)(H,34,38,41)/t17-,18-,21+,22+,23+,24-,25+,26-,28-/m1/s1. The second-order valence-corrected chi connectivity index (χ2v) is 18.6. The molecule has 16 nitrogen and oxygen atoms in total. The van der Waals surface area contributed by atoms with Crippen LogP contribution in [0.1, 0.15) is 61.1 Å². The number of aliphatic hydroxyl groups excluding tert-OH is 1. The van der Waals surface area contributed by atoms with Gasteiger partial charge in [-0.05, 0) is 45.8 Å². The molecule has 270 valence electrons. The van der Waals surface area contributed by atoms with Gasteiger partial charge >= 0.3 is 5.69 Å². The molecule has 1 aromatic rings. The smallest absolute Gasteiger partial charge is 0.330 e. The highest BCUT2D eigenvalue weighted by Gasteiger charge is 2.56. The van der Waals surface area contributed by atoms with Gasteiger partial charge in [0.05, 0.1) is 24.9 Å². The topological polar surface area (TPSA) is 201 Å². The van der Waals surface area contributed by atoms with Crippen molar-refractivity contribution in [1.29, 1.82) is 0 Å². The van der Waals surface area contributed by atoms with Gasteiger partial charge in [-0.25, -0.2) is 4.79 Å². The molecule has 0 saturated carbocycles. The molecule has 0 aromatic carbocycles. The number of carbonyl (C=O) groups is 2. The quantitative estimate of drug-likeness (QED) is 0.171. The number of ether oxygens (including phenoxy) is 5. The third-order valence-electron chi connectivity index (χ3n) is 9.84. The molecule has 9 atom stereocenters. The summed E-state index contributed by atoms with van der Waals surface area (Å²) in [6.07, 6.45) is -3.70. The number of rotatable bonds is 13. The van der Waals surface area contributed by atoms with Crippen LogP contribution in [0, 0.1) is 0 Å². The minimum absolute atomic E-state index is 0.0201. The van der Waals surface area contributed by atoms with Crippen molar-refractivity contribution in [1.82, 2.24) is 25.5 Å². The summed E-state index contributed by atoms with van der Waals surface area (Å²) in [4.78, 5) is 52.7. The number of aromatic nitrogens is 2. The second kappa shape index (κ2) is 14.4. The van der Waals surface area contributed by atoms with Crippen LogP contribution in [0.5, 0.6) is 0 Å². The predicted octanol–water partition coefficient (Wildman–Crippen LogP) is -0.180. The molecule has 0 aliphatic carbocycles. The van der Waals surface area contributed by atoms with E-state index in [2.05, 4.69) is 41.7 Å². The molecule has 5 N–H and O–H groups in total. The Balaban J connectivity index is 1.17. The summed E-state index contributed by atoms with van der Waals surface area (Å²) in [5, 5.41) is 20.4. The van der Waals surface area contributed by atoms with Crippen molar-refractivity contribution in [3.63, 3.8) is 0 Å². The van der Waals surface area contributed by atoms with Crippen LogP contribution in [0.15, 0.2) is 21.9 Å². The minimum Gasteiger partial charge on any atom is -0.409 e. The van der Waals surface area contributed by atoms with Gasteiger partial charge in [-0.1, -0.05) is 20.8 Å². The number of amides is 2. The molecule has 0 bridgehead atoms. The first-order chi connectivity index (χ1) is 22.6. The van der Waals surface area contributed by atoms with E-state index in [0.29, 0.717) is 0 Å². The Morgan fingerprint density at radius 3 is 2.35 bits per heavy atom. The fourth-order valence-electron chi connectivity index (χ4n) is 7.06. The highest BCUT2D eigenvalue weighted by molar-refractivity contribution is 6.73. The Hall–Kier alpha value is -2.48. The number of nitrogens with zero attached hydrogens (tertiary/aromatic N) is 1. The van der Waals surface area contributed by atoms with E-state index >= 15 is 0 Å². The number of H-pyrrole nitrogens is 1. The first-order valence-corrected chi connectivity index (χ1v) is 19.4. The minimum atomic E-state index is -2.21. The van der Waals surface area contributed by atoms with Gasteiger partial charge in [0.15, 0.2) is 26.1 Å². The highest BCUT2D eigenvalue weighted by Crippen LogP contribution is 2.42. The summed E-state index contributed by atoms with van der Waals surface area (Å²) in [6, 6.07) is 2.34. The first-order valence-electron chi connectivity index (χ1n) is 16.9. The summed E-state index contributed by atoms with van der Waals surface area (Å²) >= 11 is 0. The summed E-state index contributed by atoms with van der Waals surface area (Å²) in [5.41, 5.74) is -1.18. The molecule has 0 radical (unpaired) electrons. The van der Waals surface area contributed by atoms with E-state index in [4.69, 9.17) is 28.1 Å². The lowest BCUT2D eigenvalue weighted by Crippen LogP contribution is -2.53. The maximum atomic E-state index is 13.5. The Morgan fingerprint density at radius 1 is 1.04 bits per heavy atom. The molecule has 4 aliphatic rings. The molecule has 5 heterocycles. The summed E-state index contributed by atoms with van der Waals surface area (Å²) in [5.74, 6) is -2.47. The van der Waals surface area contributed by atoms with Crippen molar-refractivity contribution in [2.75, 3.05) is 19.7 Å². The number of carbonyl (C=O) groups excluding carboxylic acids is 2. The molecule has 4 saturated heterocycles. The van der Waals surface area contributed by atoms with E-state index in [1.54, 1.807) is 27.7 Å². The van der Waals surface area contributed by atoms with E-state index in [9.17, 15) is 24.3 Å². The van der Waals surface area contributed by atoms with Gasteiger partial charge in [0.25, 0.3) is 5.56 Å². The number of aliphatic hydroxyl groups is 1. The Labute approximate surface area is 280 Å². The van der Waals surface area contributed by atoms with E-state index in [0.717, 1.165) is 18.1 Å². The normalized spacial score (nSPS) is 33.9. The van der Waals surface area contributed by atoms with Gasteiger partial charge in [-0.3, -0.25) is 29.3 Å². The van der Waals surface area contributed by atoms with Crippen molar-refractivity contribution in [2.24, 2.45) is 0 Å². The lowest BCUT2D eigenvalue weighted by molar-refractivity contribution is -0.196. The van der Waals surface area contributed by atoms with Gasteiger partial charge in [0.1, 0.15) is 30.5 Å². The third kappa shape index (κ3) is 7.79. The van der Waals surface area contributed by atoms with Crippen LogP contribution in [0.4, 0.5) is 0 Å². The number of hydrogen-bond acceptors (Lipinski definition) is 12. The lowest BCUT2D eigenvalue weighted by Gasteiger charge is -2.35. The second-order valence-electron chi connectivity index (χ2n) is 13.8. The zero-order chi connectivity index (χ0) is 35.0. The van der Waals surface area contributed by atoms with Crippen LogP contribution >= 0.6 is 0 Å². The molecule has 0 spiro atoms. The molecule has 48 heavy (non-hydrogen) atoms. The molecule has 4 fully saturated rings. The van der Waals surface area contributed by atoms with Crippen LogP contribution in [0.25, 0.3) is 0 Å². The fraction of sp³-hybridized carbons (Fsp3) is 0.806. The maximum Gasteiger partial charge on any atom is 0.330 e. The van der Waals surface area contributed by atoms with Crippen LogP contribution in [0.2, 0.25) is 18.1 Å². The fourth-order valence-corrected chi connectivity index (χ4v) is 9.91. The zero-order valence-electron chi connectivity index (χ0n) is 28.8. The van der Waals surface area contributed by atoms with Gasteiger partial charge in [0.2, 0.25) is 11.8 Å². The van der Waals surface area contributed by atoms with Gasteiger partial charge in [0, 0.05) is 31.8 Å². The Kier molecular flexibility index (Phi) is 11.0. The largest absolute Gasteiger partial charge is 0.409 e. The van der Waals surface area contributed by atoms with E-state index in [1.165, 1.54) is 16.8 Å². The van der Waals surface area contributed by atoms with Crippen molar-refractivity contribution < 1.29 is 42.8 Å². The van der Waals surface area contributed by atoms with Crippen LogP contribution in [-0.4, -0.2) is 115 Å². The van der Waals surface area contributed by atoms with Gasteiger partial charge < -0.3 is 43.9 Å². The summed E-state index contributed by atoms with van der Waals surface area (Å²) in [6.45, 7) is 13.7. The van der Waals surface area contributed by atoms with E-state index in [1.807, 2.05) is 0 Å². The van der Waals surface area contributed by atoms with Gasteiger partial charge in [-0.2, -0.15) is 0 Å². The van der Waals surface area contributed by atoms with Crippen LogP contribution in [-0.2, 0) is 37.7 Å². The van der Waals surface area contributed by atoms with Crippen molar-refractivity contribution in [2.45, 2.75) is 140 Å². The van der Waals surface area contributed by atoms with Crippen LogP contribution < -0.4 is 27.2 Å². The lowest BCUT2D eigenvalue weighted by atomic mass is 10.0. The first kappa shape index (κ1) is 36.8. The van der Waals surface area contributed by atoms with E-state index in [-0.39, 0.29) is 37.9 Å². The predicted molar refractivity (Wildman–Crippen MR) is 173 cm³/mol. The van der Waals surface area contributed by atoms with Crippen molar-refractivity contribution in [3.05, 3.63) is 33.1 Å². The Morgan fingerprint density at radius 2 is 1.73 bits per heavy atom. The maximum absolute atomic E-state index is 13.5. The molecule has 2 amide bonds. The number of nitrogens with one attached hydrogen (secondary N) is 4. The number of hydrogen-bond donors (Lipinski definition) is 5. The average molecular weight is 698 g/mol. The molecule has 17 heteroatoms. The Bertz CT molecular complexity index is 1420. The van der Waals surface area contributed by atoms with Gasteiger partial charge in [-0.15, -0.1) is 0 Å². The molecule has 5 rings (SSSR count). The zero-order valence-corrected chi connectivity index (χ0v) is 29.8. The SMILES string of the molecule is CC[Si](CC)(CC)O[C@@H]1[C@@H](O)[C@H]([C@H]2COC(C)(C)O2)N[C@@H]1C(=O)NCCC(=O)NC[C@H]1O[C@@H](n2ccc(=O)[nH]c2=O)[C@@H]2OC(C)(C)O[C@@H]21. The van der Waals surface area contributed by atoms with Crippen LogP contribution in [0.3, 0.4) is 0 Å². The molecule has 0 unspecified atom stereocenters. The van der Waals surface area contributed by atoms with Crippen molar-refractivity contribution in [3.8, 4) is 0 Å². The summed E-state index contributed by atoms with van der Waals surface area (Å²) < 4.78 is 37.8. The monoisotopic (exact) mass is 697 g/mol. The molecular formula is C31H51N5O11Si. The summed E-state index contributed by atoms with van der Waals surface area (Å²) in [7, 11) is -2.21. The number of fused-ring (bicyclic) bond motifs is 1. The molecular weight excluding hydrogens is 646 g/mol. The van der Waals surface area contributed by atoms with E-state index < -0.39 is 86.1 Å². The number of aromatic amines is 1. The van der Waals surface area contributed by atoms with Crippen molar-refractivity contribution >= 4 is 20.1 Å². The highest BCUT2D eigenvalue weighted by atomic mass is 28.4. The average Bonchev–Trinajstić information content (AvgIpc) is 3.74. The third-order valence-corrected chi connectivity index (χ3v) is 14.5.